The Morgan fingerprint density at radius 3 is 1.00 bits per heavy atom. The van der Waals surface area contributed by atoms with Gasteiger partial charge in [-0.25, -0.2) is 0 Å². The largest absolute Gasteiger partial charge is 0.647 e. The van der Waals surface area contributed by atoms with Crippen molar-refractivity contribution in [3.8, 4) is 17.2 Å². The van der Waals surface area contributed by atoms with Gasteiger partial charge in [-0.1, -0.05) is 94.1 Å². The van der Waals surface area contributed by atoms with Crippen LogP contribution in [-0.2, 0) is 4.57 Å². The summed E-state index contributed by atoms with van der Waals surface area (Å²) in [7, 11) is -4.30. The average Bonchev–Trinajstić information content (AvgIpc) is 2.89. The van der Waals surface area contributed by atoms with Gasteiger partial charge >= 0.3 is 7.82 Å². The zero-order valence-corrected chi connectivity index (χ0v) is 20.4. The molecule has 0 radical (unpaired) electrons. The third kappa shape index (κ3) is 6.00. The SMILES string of the molecule is C=Cc1ccc(OP(=O)(Oc2ccc(C=C)cc2C=C)Oc2ccc(C=C)cc2C=C)c(C=C)c1. The summed E-state index contributed by atoms with van der Waals surface area (Å²) in [5.41, 5.74) is 4.37. The first-order valence-corrected chi connectivity index (χ1v) is 12.2. The quantitative estimate of drug-likeness (QED) is 0.241. The molecule has 3 aromatic carbocycles. The van der Waals surface area contributed by atoms with Crippen LogP contribution in [0.2, 0.25) is 0 Å². The molecule has 0 atom stereocenters. The van der Waals surface area contributed by atoms with E-state index in [2.05, 4.69) is 39.5 Å². The van der Waals surface area contributed by atoms with Crippen molar-refractivity contribution in [3.05, 3.63) is 127 Å². The molecule has 3 aromatic rings. The summed E-state index contributed by atoms with van der Waals surface area (Å²) in [4.78, 5) is 0. The van der Waals surface area contributed by atoms with Crippen molar-refractivity contribution < 1.29 is 18.1 Å². The van der Waals surface area contributed by atoms with Gasteiger partial charge < -0.3 is 13.6 Å². The van der Waals surface area contributed by atoms with Crippen molar-refractivity contribution in [2.24, 2.45) is 0 Å². The molecule has 0 heterocycles. The Balaban J connectivity index is 2.11. The maximum Gasteiger partial charge on any atom is 0.647 e. The lowest BCUT2D eigenvalue weighted by molar-refractivity contribution is 0.298. The first-order valence-electron chi connectivity index (χ1n) is 10.7. The van der Waals surface area contributed by atoms with Crippen molar-refractivity contribution >= 4 is 44.3 Å². The topological polar surface area (TPSA) is 44.8 Å². The maximum atomic E-state index is 14.2. The molecule has 0 N–H and O–H groups in total. The Bertz CT molecular complexity index is 1200. The Hall–Kier alpha value is -4.27. The van der Waals surface area contributed by atoms with E-state index in [-0.39, 0.29) is 17.2 Å². The van der Waals surface area contributed by atoms with E-state index >= 15 is 0 Å². The third-order valence-electron chi connectivity index (χ3n) is 5.10. The number of phosphoric acid groups is 1. The third-order valence-corrected chi connectivity index (χ3v) is 6.36. The molecule has 0 unspecified atom stereocenters. The number of hydrogen-bond acceptors (Lipinski definition) is 4. The highest BCUT2D eigenvalue weighted by Gasteiger charge is 2.35. The van der Waals surface area contributed by atoms with E-state index in [1.54, 1.807) is 72.9 Å². The van der Waals surface area contributed by atoms with Crippen LogP contribution in [-0.4, -0.2) is 0 Å². The lowest BCUT2D eigenvalue weighted by Crippen LogP contribution is -2.09. The number of rotatable bonds is 12. The average molecular weight is 483 g/mol. The fourth-order valence-electron chi connectivity index (χ4n) is 3.23. The summed E-state index contributed by atoms with van der Waals surface area (Å²) >= 11 is 0. The van der Waals surface area contributed by atoms with Crippen LogP contribution < -0.4 is 13.6 Å². The lowest BCUT2D eigenvalue weighted by Gasteiger charge is -2.22. The predicted molar refractivity (Wildman–Crippen MR) is 149 cm³/mol. The fraction of sp³-hybridized carbons (Fsp3) is 0. The molecule has 3 rings (SSSR count). The van der Waals surface area contributed by atoms with Gasteiger partial charge in [0.15, 0.2) is 0 Å². The first-order chi connectivity index (χ1) is 16.9. The number of phosphoric ester groups is 1. The zero-order chi connectivity index (χ0) is 25.4. The molecular formula is C30H27O4P. The fourth-order valence-corrected chi connectivity index (χ4v) is 4.56. The molecule has 5 heteroatoms. The predicted octanol–water partition coefficient (Wildman–Crippen LogP) is 9.19. The van der Waals surface area contributed by atoms with E-state index < -0.39 is 7.82 Å². The van der Waals surface area contributed by atoms with Crippen molar-refractivity contribution in [1.82, 2.24) is 0 Å². The summed E-state index contributed by atoms with van der Waals surface area (Å²) in [5, 5.41) is 0. The summed E-state index contributed by atoms with van der Waals surface area (Å²) in [6.07, 6.45) is 9.85. The molecule has 0 fully saturated rings. The second-order valence-electron chi connectivity index (χ2n) is 7.34. The number of benzene rings is 3. The highest BCUT2D eigenvalue weighted by molar-refractivity contribution is 7.49. The van der Waals surface area contributed by atoms with Crippen molar-refractivity contribution in [2.75, 3.05) is 0 Å². The molecule has 0 saturated heterocycles. The van der Waals surface area contributed by atoms with E-state index in [9.17, 15) is 4.57 Å². The van der Waals surface area contributed by atoms with Crippen molar-refractivity contribution in [3.63, 3.8) is 0 Å². The van der Waals surface area contributed by atoms with E-state index in [0.717, 1.165) is 16.7 Å². The lowest BCUT2D eigenvalue weighted by atomic mass is 10.1. The zero-order valence-electron chi connectivity index (χ0n) is 19.5. The van der Waals surface area contributed by atoms with Crippen LogP contribution >= 0.6 is 7.82 Å². The monoisotopic (exact) mass is 482 g/mol. The highest BCUT2D eigenvalue weighted by Crippen LogP contribution is 2.52. The molecule has 0 aliphatic heterocycles. The van der Waals surface area contributed by atoms with Gasteiger partial charge in [-0.15, -0.1) is 0 Å². The normalized spacial score (nSPS) is 10.5. The van der Waals surface area contributed by atoms with Gasteiger partial charge in [-0.2, -0.15) is 4.57 Å². The van der Waals surface area contributed by atoms with Gasteiger partial charge in [-0.05, 0) is 53.1 Å². The van der Waals surface area contributed by atoms with Crippen LogP contribution in [0.1, 0.15) is 33.4 Å². The molecule has 0 spiro atoms. The maximum absolute atomic E-state index is 14.2. The van der Waals surface area contributed by atoms with E-state index in [1.165, 1.54) is 0 Å². The molecule has 35 heavy (non-hydrogen) atoms. The minimum Gasteiger partial charge on any atom is -0.385 e. The van der Waals surface area contributed by atoms with Gasteiger partial charge in [0.1, 0.15) is 17.2 Å². The Labute approximate surface area is 207 Å². The van der Waals surface area contributed by atoms with Gasteiger partial charge in [0, 0.05) is 16.7 Å². The molecule has 0 saturated carbocycles. The van der Waals surface area contributed by atoms with E-state index in [0.29, 0.717) is 16.7 Å². The molecule has 0 bridgehead atoms. The van der Waals surface area contributed by atoms with Crippen LogP contribution in [0.15, 0.2) is 94.1 Å². The van der Waals surface area contributed by atoms with Crippen LogP contribution in [0.5, 0.6) is 17.2 Å². The van der Waals surface area contributed by atoms with Crippen molar-refractivity contribution in [1.29, 1.82) is 0 Å². The minimum atomic E-state index is -4.30. The highest BCUT2D eigenvalue weighted by atomic mass is 31.2. The molecule has 176 valence electrons. The van der Waals surface area contributed by atoms with E-state index in [1.807, 2.05) is 18.2 Å². The second kappa shape index (κ2) is 11.2. The van der Waals surface area contributed by atoms with Crippen LogP contribution in [0.3, 0.4) is 0 Å². The summed E-state index contributed by atoms with van der Waals surface area (Å²) in [6, 6.07) is 15.8. The van der Waals surface area contributed by atoms with Crippen LogP contribution in [0.25, 0.3) is 36.5 Å². The van der Waals surface area contributed by atoms with Crippen LogP contribution in [0, 0.1) is 0 Å². The molecule has 4 nitrogen and oxygen atoms in total. The van der Waals surface area contributed by atoms with Gasteiger partial charge in [0.25, 0.3) is 0 Å². The molecule has 0 amide bonds. The Kier molecular flexibility index (Phi) is 8.14. The minimum absolute atomic E-state index is 0.277. The summed E-state index contributed by atoms with van der Waals surface area (Å²) in [6.45, 7) is 22.8. The van der Waals surface area contributed by atoms with Gasteiger partial charge in [0.05, 0.1) is 0 Å². The summed E-state index contributed by atoms with van der Waals surface area (Å²) < 4.78 is 32.0. The van der Waals surface area contributed by atoms with Crippen molar-refractivity contribution in [2.45, 2.75) is 0 Å². The van der Waals surface area contributed by atoms with E-state index in [4.69, 9.17) is 13.6 Å². The Morgan fingerprint density at radius 2 is 0.771 bits per heavy atom. The van der Waals surface area contributed by atoms with Gasteiger partial charge in [-0.3, -0.25) is 0 Å². The Morgan fingerprint density at radius 1 is 0.486 bits per heavy atom. The first kappa shape index (κ1) is 25.4. The molecule has 0 aliphatic carbocycles. The van der Waals surface area contributed by atoms with Crippen LogP contribution in [0.4, 0.5) is 0 Å². The smallest absolute Gasteiger partial charge is 0.385 e. The molecule has 0 aromatic heterocycles. The van der Waals surface area contributed by atoms with Gasteiger partial charge in [0.2, 0.25) is 0 Å². The standard InChI is InChI=1S/C30H27O4P/c1-7-22-13-16-28(25(10-4)19-22)32-35(31,33-29-17-14-23(8-2)20-26(29)11-5)34-30-18-15-24(9-3)21-27(30)12-6/h7-21H,1-6H2. The molecular weight excluding hydrogens is 455 g/mol. The summed E-state index contributed by atoms with van der Waals surface area (Å²) in [5.74, 6) is 0.832. The number of hydrogen-bond donors (Lipinski definition) is 0. The molecule has 0 aliphatic rings. The second-order valence-corrected chi connectivity index (χ2v) is 8.78.